The molecule has 3 rings (SSSR count). The Morgan fingerprint density at radius 3 is 2.74 bits per heavy atom. The van der Waals surface area contributed by atoms with Gasteiger partial charge in [-0.2, -0.15) is 10.2 Å². The summed E-state index contributed by atoms with van der Waals surface area (Å²) in [5.74, 6) is 2.33. The van der Waals surface area contributed by atoms with Crippen LogP contribution in [0.25, 0.3) is 0 Å². The van der Waals surface area contributed by atoms with Crippen LogP contribution in [0.5, 0.6) is 0 Å². The van der Waals surface area contributed by atoms with Crippen LogP contribution in [0.1, 0.15) is 31.0 Å². The van der Waals surface area contributed by atoms with Crippen molar-refractivity contribution in [2.24, 2.45) is 5.92 Å². The Balaban J connectivity index is 1.81. The lowest BCUT2D eigenvalue weighted by Crippen LogP contribution is -2.34. The van der Waals surface area contributed by atoms with Crippen molar-refractivity contribution in [3.63, 3.8) is 0 Å². The molecule has 0 spiro atoms. The van der Waals surface area contributed by atoms with Gasteiger partial charge in [0.15, 0.2) is 0 Å². The average Bonchev–Trinajstić information content (AvgIpc) is 2.55. The molecule has 2 aromatic rings. The molecule has 1 aliphatic heterocycles. The van der Waals surface area contributed by atoms with Crippen molar-refractivity contribution in [2.45, 2.75) is 26.7 Å². The van der Waals surface area contributed by atoms with Crippen LogP contribution in [0, 0.1) is 24.2 Å². The van der Waals surface area contributed by atoms with Crippen LogP contribution in [0.4, 0.5) is 17.5 Å². The Morgan fingerprint density at radius 2 is 2.00 bits per heavy atom. The molecule has 118 valence electrons. The SMILES string of the molecule is Cc1cc(Nc2cccc(C#N)c2)nc(N2CCC(C)CC2)n1. The first-order valence-electron chi connectivity index (χ1n) is 8.02. The number of hydrogen-bond acceptors (Lipinski definition) is 5. The number of nitrogens with zero attached hydrogens (tertiary/aromatic N) is 4. The van der Waals surface area contributed by atoms with Crippen molar-refractivity contribution >= 4 is 17.5 Å². The number of piperidine rings is 1. The number of benzene rings is 1. The van der Waals surface area contributed by atoms with Gasteiger partial charge in [0.25, 0.3) is 0 Å². The van der Waals surface area contributed by atoms with Gasteiger partial charge in [0.05, 0.1) is 11.6 Å². The second kappa shape index (κ2) is 6.66. The molecule has 1 aliphatic rings. The van der Waals surface area contributed by atoms with E-state index in [0.29, 0.717) is 5.56 Å². The lowest BCUT2D eigenvalue weighted by Gasteiger charge is -2.30. The van der Waals surface area contributed by atoms with Gasteiger partial charge in [0.2, 0.25) is 5.95 Å². The number of hydrogen-bond donors (Lipinski definition) is 1. The average molecular weight is 307 g/mol. The highest BCUT2D eigenvalue weighted by molar-refractivity contribution is 5.59. The monoisotopic (exact) mass is 307 g/mol. The molecule has 1 aromatic carbocycles. The van der Waals surface area contributed by atoms with Gasteiger partial charge in [-0.05, 0) is 43.9 Å². The molecular formula is C18H21N5. The second-order valence-electron chi connectivity index (χ2n) is 6.18. The van der Waals surface area contributed by atoms with E-state index in [-0.39, 0.29) is 0 Å². The fourth-order valence-electron chi connectivity index (χ4n) is 2.78. The summed E-state index contributed by atoms with van der Waals surface area (Å²) in [6.45, 7) is 6.29. The summed E-state index contributed by atoms with van der Waals surface area (Å²) in [5.41, 5.74) is 2.43. The summed E-state index contributed by atoms with van der Waals surface area (Å²) in [7, 11) is 0. The van der Waals surface area contributed by atoms with Crippen LogP contribution >= 0.6 is 0 Å². The van der Waals surface area contributed by atoms with Crippen molar-refractivity contribution in [1.29, 1.82) is 5.26 Å². The molecule has 1 saturated heterocycles. The van der Waals surface area contributed by atoms with E-state index < -0.39 is 0 Å². The van der Waals surface area contributed by atoms with E-state index in [4.69, 9.17) is 5.26 Å². The molecule has 2 heterocycles. The van der Waals surface area contributed by atoms with E-state index in [2.05, 4.69) is 33.2 Å². The van der Waals surface area contributed by atoms with Crippen molar-refractivity contribution in [1.82, 2.24) is 9.97 Å². The number of aromatic nitrogens is 2. The molecule has 0 aliphatic carbocycles. The Hall–Kier alpha value is -2.61. The quantitative estimate of drug-likeness (QED) is 0.938. The Morgan fingerprint density at radius 1 is 1.22 bits per heavy atom. The number of anilines is 3. The van der Waals surface area contributed by atoms with Gasteiger partial charge in [-0.25, -0.2) is 4.98 Å². The van der Waals surface area contributed by atoms with Gasteiger partial charge in [-0.3, -0.25) is 0 Å². The van der Waals surface area contributed by atoms with E-state index in [1.807, 2.05) is 31.2 Å². The fraction of sp³-hybridized carbons (Fsp3) is 0.389. The Labute approximate surface area is 137 Å². The zero-order valence-electron chi connectivity index (χ0n) is 13.6. The molecular weight excluding hydrogens is 286 g/mol. The number of nitrogens with one attached hydrogen (secondary N) is 1. The Bertz CT molecular complexity index is 726. The summed E-state index contributed by atoms with van der Waals surface area (Å²) < 4.78 is 0. The number of aryl methyl sites for hydroxylation is 1. The lowest BCUT2D eigenvalue weighted by atomic mass is 10.00. The molecule has 0 radical (unpaired) electrons. The maximum atomic E-state index is 9.00. The molecule has 1 aromatic heterocycles. The third-order valence-corrected chi connectivity index (χ3v) is 4.17. The van der Waals surface area contributed by atoms with Gasteiger partial charge in [-0.15, -0.1) is 0 Å². The molecule has 0 saturated carbocycles. The molecule has 23 heavy (non-hydrogen) atoms. The van der Waals surface area contributed by atoms with Gasteiger partial charge in [-0.1, -0.05) is 13.0 Å². The number of rotatable bonds is 3. The number of nitriles is 1. The normalized spacial score (nSPS) is 15.3. The second-order valence-corrected chi connectivity index (χ2v) is 6.18. The van der Waals surface area contributed by atoms with Gasteiger partial charge in [0, 0.05) is 30.5 Å². The summed E-state index contributed by atoms with van der Waals surface area (Å²) in [5, 5.41) is 12.3. The fourth-order valence-corrected chi connectivity index (χ4v) is 2.78. The summed E-state index contributed by atoms with van der Waals surface area (Å²) in [6.07, 6.45) is 2.37. The van der Waals surface area contributed by atoms with Gasteiger partial charge < -0.3 is 10.2 Å². The first-order chi connectivity index (χ1) is 11.1. The topological polar surface area (TPSA) is 64.8 Å². The van der Waals surface area contributed by atoms with E-state index in [1.165, 1.54) is 12.8 Å². The predicted octanol–water partition coefficient (Wildman–Crippen LogP) is 3.64. The van der Waals surface area contributed by atoms with E-state index in [0.717, 1.165) is 42.2 Å². The highest BCUT2D eigenvalue weighted by Crippen LogP contribution is 2.23. The molecule has 1 N–H and O–H groups in total. The summed E-state index contributed by atoms with van der Waals surface area (Å²) in [6, 6.07) is 11.5. The van der Waals surface area contributed by atoms with E-state index in [9.17, 15) is 0 Å². The van der Waals surface area contributed by atoms with Crippen LogP contribution < -0.4 is 10.2 Å². The third-order valence-electron chi connectivity index (χ3n) is 4.17. The first kappa shape index (κ1) is 15.3. The van der Waals surface area contributed by atoms with E-state index >= 15 is 0 Å². The zero-order chi connectivity index (χ0) is 16.2. The highest BCUT2D eigenvalue weighted by atomic mass is 15.3. The van der Waals surface area contributed by atoms with E-state index in [1.54, 1.807) is 6.07 Å². The lowest BCUT2D eigenvalue weighted by molar-refractivity contribution is 0.434. The van der Waals surface area contributed by atoms with Crippen molar-refractivity contribution in [3.8, 4) is 6.07 Å². The smallest absolute Gasteiger partial charge is 0.227 e. The van der Waals surface area contributed by atoms with Crippen molar-refractivity contribution < 1.29 is 0 Å². The Kier molecular flexibility index (Phi) is 4.42. The van der Waals surface area contributed by atoms with Crippen LogP contribution in [0.15, 0.2) is 30.3 Å². The predicted molar refractivity (Wildman–Crippen MR) is 91.8 cm³/mol. The van der Waals surface area contributed by atoms with Crippen molar-refractivity contribution in [3.05, 3.63) is 41.6 Å². The summed E-state index contributed by atoms with van der Waals surface area (Å²) in [4.78, 5) is 11.5. The summed E-state index contributed by atoms with van der Waals surface area (Å²) >= 11 is 0. The minimum Gasteiger partial charge on any atom is -0.341 e. The molecule has 0 amide bonds. The van der Waals surface area contributed by atoms with Gasteiger partial charge >= 0.3 is 0 Å². The van der Waals surface area contributed by atoms with Crippen molar-refractivity contribution in [2.75, 3.05) is 23.3 Å². The highest BCUT2D eigenvalue weighted by Gasteiger charge is 2.18. The minimum absolute atomic E-state index is 0.631. The first-order valence-corrected chi connectivity index (χ1v) is 8.02. The zero-order valence-corrected chi connectivity index (χ0v) is 13.6. The largest absolute Gasteiger partial charge is 0.341 e. The molecule has 0 unspecified atom stereocenters. The molecule has 0 bridgehead atoms. The molecule has 5 nitrogen and oxygen atoms in total. The van der Waals surface area contributed by atoms with Crippen LogP contribution in [0.2, 0.25) is 0 Å². The molecule has 5 heteroatoms. The molecule has 1 fully saturated rings. The van der Waals surface area contributed by atoms with Crippen LogP contribution in [0.3, 0.4) is 0 Å². The standard InChI is InChI=1S/C18H21N5/c1-13-6-8-23(9-7-13)18-20-14(2)10-17(22-18)21-16-5-3-4-15(11-16)12-19/h3-5,10-11,13H,6-9H2,1-2H3,(H,20,21,22). The maximum absolute atomic E-state index is 9.00. The van der Waals surface area contributed by atoms with Crippen LogP contribution in [-0.2, 0) is 0 Å². The minimum atomic E-state index is 0.631. The molecule has 0 atom stereocenters. The van der Waals surface area contributed by atoms with Crippen LogP contribution in [-0.4, -0.2) is 23.1 Å². The third kappa shape index (κ3) is 3.78. The van der Waals surface area contributed by atoms with Gasteiger partial charge in [0.1, 0.15) is 5.82 Å². The maximum Gasteiger partial charge on any atom is 0.227 e.